The molecule has 0 aromatic carbocycles. The highest BCUT2D eigenvalue weighted by molar-refractivity contribution is 7.25. The first-order chi connectivity index (χ1) is 9.99. The Balaban J connectivity index is 6.21. The molecule has 0 heterocycles. The Hall–Kier alpha value is 0.527. The monoisotopic (exact) mass is 364 g/mol. The van der Waals surface area contributed by atoms with E-state index in [0.29, 0.717) is 0 Å². The van der Waals surface area contributed by atoms with E-state index in [9.17, 15) is 0 Å². The summed E-state index contributed by atoms with van der Waals surface area (Å²) < 4.78 is 19.8. The van der Waals surface area contributed by atoms with Crippen LogP contribution in [0, 0.1) is 0 Å². The van der Waals surface area contributed by atoms with E-state index in [0.717, 1.165) is 19.3 Å². The van der Waals surface area contributed by atoms with Gasteiger partial charge in [-0.3, -0.25) is 0 Å². The van der Waals surface area contributed by atoms with E-state index in [1.165, 1.54) is 0 Å². The van der Waals surface area contributed by atoms with Crippen LogP contribution in [0.3, 0.4) is 0 Å². The summed E-state index contributed by atoms with van der Waals surface area (Å²) in [6, 6.07) is 0. The summed E-state index contributed by atoms with van der Waals surface area (Å²) in [7, 11) is 0.0388. The lowest BCUT2D eigenvalue weighted by molar-refractivity contribution is -0.0843. The molecular weight excluding hydrogens is 323 g/mol. The molecule has 0 aliphatic rings. The van der Waals surface area contributed by atoms with E-state index in [1.807, 2.05) is 0 Å². The van der Waals surface area contributed by atoms with Crippen molar-refractivity contribution in [3.8, 4) is 0 Å². The molecule has 5 heteroatoms. The van der Waals surface area contributed by atoms with Crippen molar-refractivity contribution in [2.75, 3.05) is 0 Å². The van der Waals surface area contributed by atoms with Crippen LogP contribution < -0.4 is 0 Å². The van der Waals surface area contributed by atoms with Gasteiger partial charge < -0.3 is 13.3 Å². The summed E-state index contributed by atoms with van der Waals surface area (Å²) >= 11 is 0. The molecule has 0 amide bonds. The molecule has 140 valence electrons. The highest BCUT2D eigenvalue weighted by Gasteiger charge is 2.62. The number of hydrogen-bond acceptors (Lipinski definition) is 3. The maximum absolute atomic E-state index is 6.66. The van der Waals surface area contributed by atoms with Crippen molar-refractivity contribution in [2.24, 2.45) is 0 Å². The highest BCUT2D eigenvalue weighted by Crippen LogP contribution is 2.45. The van der Waals surface area contributed by atoms with E-state index < -0.39 is 8.80 Å². The van der Waals surface area contributed by atoms with Crippen LogP contribution >= 0.6 is 9.24 Å². The molecule has 0 bridgehead atoms. The molecule has 3 nitrogen and oxygen atoms in total. The Morgan fingerprint density at radius 1 is 0.696 bits per heavy atom. The third-order valence-corrected chi connectivity index (χ3v) is 9.48. The molecule has 0 aliphatic carbocycles. The second-order valence-electron chi connectivity index (χ2n) is 9.46. The molecule has 2 unspecified atom stereocenters. The van der Waals surface area contributed by atoms with Crippen LogP contribution in [0.2, 0.25) is 0 Å². The van der Waals surface area contributed by atoms with Gasteiger partial charge in [-0.15, -0.1) is 9.24 Å². The third kappa shape index (κ3) is 7.96. The lowest BCUT2D eigenvalue weighted by atomic mass is 10.2. The molecular formula is C18H41O3PSi. The summed E-state index contributed by atoms with van der Waals surface area (Å²) in [6.45, 7) is 23.2. The average Bonchev–Trinajstić information content (AvgIpc) is 2.21. The fraction of sp³-hybridized carbons (Fsp3) is 1.00. The van der Waals surface area contributed by atoms with Crippen molar-refractivity contribution in [1.29, 1.82) is 0 Å². The largest absolute Gasteiger partial charge is 0.512 e. The first kappa shape index (κ1) is 23.5. The smallest absolute Gasteiger partial charge is 0.368 e. The van der Waals surface area contributed by atoms with Gasteiger partial charge in [0.25, 0.3) is 0 Å². The fourth-order valence-electron chi connectivity index (χ4n) is 2.57. The molecule has 0 N–H and O–H groups in total. The lowest BCUT2D eigenvalue weighted by Gasteiger charge is -2.51. The van der Waals surface area contributed by atoms with Gasteiger partial charge in [0, 0.05) is 0 Å². The average molecular weight is 365 g/mol. The zero-order valence-electron chi connectivity index (χ0n) is 17.4. The molecule has 0 saturated carbocycles. The first-order valence-corrected chi connectivity index (χ1v) is 11.2. The molecule has 0 aromatic rings. The van der Waals surface area contributed by atoms with Gasteiger partial charge >= 0.3 is 8.80 Å². The third-order valence-electron chi connectivity index (χ3n) is 3.26. The van der Waals surface area contributed by atoms with Crippen LogP contribution in [-0.4, -0.2) is 30.4 Å². The minimum absolute atomic E-state index is 0.185. The zero-order chi connectivity index (χ0) is 18.7. The van der Waals surface area contributed by atoms with Crippen LogP contribution in [0.1, 0.15) is 95.4 Å². The van der Waals surface area contributed by atoms with E-state index in [1.54, 1.807) is 0 Å². The van der Waals surface area contributed by atoms with Crippen molar-refractivity contribution in [3.63, 3.8) is 0 Å². The number of hydrogen-bond donors (Lipinski definition) is 0. The van der Waals surface area contributed by atoms with Crippen molar-refractivity contribution in [3.05, 3.63) is 0 Å². The van der Waals surface area contributed by atoms with Gasteiger partial charge in [0.2, 0.25) is 0 Å². The maximum Gasteiger partial charge on any atom is 0.512 e. The minimum atomic E-state index is -3.01. The molecule has 0 rings (SSSR count). The Morgan fingerprint density at radius 2 is 1.00 bits per heavy atom. The van der Waals surface area contributed by atoms with E-state index >= 15 is 0 Å². The molecule has 0 saturated heterocycles. The van der Waals surface area contributed by atoms with E-state index in [4.69, 9.17) is 13.3 Å². The summed E-state index contributed by atoms with van der Waals surface area (Å²) in [5.41, 5.74) is -0.978. The van der Waals surface area contributed by atoms with Crippen LogP contribution in [0.5, 0.6) is 0 Å². The topological polar surface area (TPSA) is 27.7 Å². The molecule has 0 radical (unpaired) electrons. The molecule has 23 heavy (non-hydrogen) atoms. The normalized spacial score (nSPS) is 17.2. The summed E-state index contributed by atoms with van der Waals surface area (Å²) in [4.78, 5) is 0. The van der Waals surface area contributed by atoms with Crippen molar-refractivity contribution in [2.45, 2.75) is 117 Å². The Kier molecular flexibility index (Phi) is 8.00. The standard InChI is InChI=1S/C18H41O3PSi/c1-12-14-18(22,13-2)23(19-15(3,4)5,20-16(6,7)8)21-17(9,10)11/h12-14,22H2,1-11H3. The molecule has 2 atom stereocenters. The second kappa shape index (κ2) is 7.82. The van der Waals surface area contributed by atoms with Gasteiger partial charge in [-0.2, -0.15) is 0 Å². The fourth-order valence-corrected chi connectivity index (χ4v) is 7.53. The summed E-state index contributed by atoms with van der Waals surface area (Å²) in [5.74, 6) is 0. The number of rotatable bonds is 7. The van der Waals surface area contributed by atoms with Crippen molar-refractivity contribution >= 4 is 18.0 Å². The highest BCUT2D eigenvalue weighted by atomic mass is 31.0. The molecule has 0 fully saturated rings. The van der Waals surface area contributed by atoms with Crippen molar-refractivity contribution in [1.82, 2.24) is 0 Å². The van der Waals surface area contributed by atoms with Gasteiger partial charge in [-0.05, 0) is 75.2 Å². The summed E-state index contributed by atoms with van der Waals surface area (Å²) in [6.07, 6.45) is 3.02. The van der Waals surface area contributed by atoms with Crippen molar-refractivity contribution < 1.29 is 13.3 Å². The Labute approximate surface area is 148 Å². The van der Waals surface area contributed by atoms with Crippen LogP contribution in [0.4, 0.5) is 0 Å². The van der Waals surface area contributed by atoms with E-state index in [-0.39, 0.29) is 21.6 Å². The van der Waals surface area contributed by atoms with Gasteiger partial charge in [0.15, 0.2) is 0 Å². The van der Waals surface area contributed by atoms with Gasteiger partial charge in [0.1, 0.15) is 0 Å². The van der Waals surface area contributed by atoms with Crippen LogP contribution in [-0.2, 0) is 13.3 Å². The zero-order valence-corrected chi connectivity index (χ0v) is 19.6. The predicted molar refractivity (Wildman–Crippen MR) is 106 cm³/mol. The van der Waals surface area contributed by atoms with Crippen LogP contribution in [0.15, 0.2) is 0 Å². The summed E-state index contributed by atoms with van der Waals surface area (Å²) in [5, 5.41) is 0. The van der Waals surface area contributed by atoms with Gasteiger partial charge in [0.05, 0.1) is 21.6 Å². The Bertz CT molecular complexity index is 325. The maximum atomic E-state index is 6.66. The minimum Gasteiger partial charge on any atom is -0.368 e. The quantitative estimate of drug-likeness (QED) is 0.426. The van der Waals surface area contributed by atoms with E-state index in [2.05, 4.69) is 85.4 Å². The molecule has 0 aromatic heterocycles. The van der Waals surface area contributed by atoms with Crippen LogP contribution in [0.25, 0.3) is 0 Å². The Morgan fingerprint density at radius 3 is 1.17 bits per heavy atom. The first-order valence-electron chi connectivity index (χ1n) is 8.88. The molecule has 0 aliphatic heterocycles. The lowest BCUT2D eigenvalue weighted by Crippen LogP contribution is -2.68. The molecule has 0 spiro atoms. The predicted octanol–water partition coefficient (Wildman–Crippen LogP) is 5.73. The second-order valence-corrected chi connectivity index (χ2v) is 13.9. The SMILES string of the molecule is CCCC(P)(CC)[Si](OC(C)(C)C)(OC(C)(C)C)OC(C)(C)C. The van der Waals surface area contributed by atoms with Gasteiger partial charge in [-0.1, -0.05) is 20.3 Å². The van der Waals surface area contributed by atoms with Gasteiger partial charge in [-0.25, -0.2) is 0 Å².